The van der Waals surface area contributed by atoms with Crippen LogP contribution in [0.1, 0.15) is 0 Å². The van der Waals surface area contributed by atoms with Gasteiger partial charge in [0.2, 0.25) is 0 Å². The van der Waals surface area contributed by atoms with Crippen LogP contribution in [-0.2, 0) is 4.74 Å². The summed E-state index contributed by atoms with van der Waals surface area (Å²) in [6.07, 6.45) is 1.43. The van der Waals surface area contributed by atoms with E-state index >= 15 is 0 Å². The highest BCUT2D eigenvalue weighted by atomic mass is 16.5. The molecule has 0 saturated heterocycles. The van der Waals surface area contributed by atoms with Crippen LogP contribution in [0.3, 0.4) is 0 Å². The van der Waals surface area contributed by atoms with Crippen molar-refractivity contribution >= 4 is 17.1 Å². The molecule has 3 nitrogen and oxygen atoms in total. The third-order valence-corrected chi connectivity index (χ3v) is 6.13. The van der Waals surface area contributed by atoms with Gasteiger partial charge in [0.15, 0.2) is 0 Å². The molecule has 0 spiro atoms. The van der Waals surface area contributed by atoms with E-state index in [9.17, 15) is 0 Å². The van der Waals surface area contributed by atoms with Crippen LogP contribution < -0.4 is 9.64 Å². The standard InChI is InChI=1S/C34H29NO2/c1-2-36-24-25-37-34-15-9-14-33(26-34)35(31-20-16-29(17-21-31)27-10-5-3-6-11-27)32-22-18-30(19-23-32)28-12-7-4-8-13-28/h2-23,26H,1,24-25H2. The lowest BCUT2D eigenvalue weighted by Gasteiger charge is -2.26. The predicted octanol–water partition coefficient (Wildman–Crippen LogP) is 9.03. The zero-order chi connectivity index (χ0) is 25.3. The molecule has 0 aliphatic carbocycles. The van der Waals surface area contributed by atoms with Crippen molar-refractivity contribution in [2.75, 3.05) is 18.1 Å². The van der Waals surface area contributed by atoms with E-state index in [0.29, 0.717) is 13.2 Å². The minimum Gasteiger partial charge on any atom is -0.498 e. The van der Waals surface area contributed by atoms with E-state index in [1.54, 1.807) is 0 Å². The number of nitrogens with zero attached hydrogens (tertiary/aromatic N) is 1. The van der Waals surface area contributed by atoms with E-state index in [1.165, 1.54) is 28.5 Å². The van der Waals surface area contributed by atoms with E-state index < -0.39 is 0 Å². The van der Waals surface area contributed by atoms with E-state index in [-0.39, 0.29) is 0 Å². The van der Waals surface area contributed by atoms with Gasteiger partial charge in [-0.05, 0) is 58.7 Å². The Kier molecular flexibility index (Phi) is 7.63. The topological polar surface area (TPSA) is 21.7 Å². The Labute approximate surface area is 218 Å². The SMILES string of the molecule is C=COCCOc1cccc(N(c2ccc(-c3ccccc3)cc2)c2ccc(-c3ccccc3)cc2)c1. The minimum absolute atomic E-state index is 0.451. The van der Waals surface area contributed by atoms with Gasteiger partial charge in [0, 0.05) is 23.1 Å². The highest BCUT2D eigenvalue weighted by Crippen LogP contribution is 2.37. The van der Waals surface area contributed by atoms with E-state index in [1.807, 2.05) is 24.3 Å². The van der Waals surface area contributed by atoms with Gasteiger partial charge in [-0.1, -0.05) is 97.6 Å². The number of ether oxygens (including phenoxy) is 2. The lowest BCUT2D eigenvalue weighted by molar-refractivity contribution is 0.179. The summed E-state index contributed by atoms with van der Waals surface area (Å²) in [6.45, 7) is 4.49. The maximum atomic E-state index is 5.93. The van der Waals surface area contributed by atoms with Crippen LogP contribution in [0.25, 0.3) is 22.3 Å². The van der Waals surface area contributed by atoms with Crippen molar-refractivity contribution in [2.24, 2.45) is 0 Å². The van der Waals surface area contributed by atoms with Crippen LogP contribution in [0, 0.1) is 0 Å². The smallest absolute Gasteiger partial charge is 0.122 e. The highest BCUT2D eigenvalue weighted by Gasteiger charge is 2.14. The van der Waals surface area contributed by atoms with Crippen LogP contribution in [0.15, 0.2) is 146 Å². The van der Waals surface area contributed by atoms with Crippen LogP contribution in [-0.4, -0.2) is 13.2 Å². The van der Waals surface area contributed by atoms with Crippen molar-refractivity contribution in [3.8, 4) is 28.0 Å². The third-order valence-electron chi connectivity index (χ3n) is 6.13. The molecule has 3 heteroatoms. The summed E-state index contributed by atoms with van der Waals surface area (Å²) in [4.78, 5) is 2.25. The average Bonchev–Trinajstić information content (AvgIpc) is 2.97. The largest absolute Gasteiger partial charge is 0.498 e. The molecule has 0 atom stereocenters. The first-order valence-electron chi connectivity index (χ1n) is 12.4. The van der Waals surface area contributed by atoms with Gasteiger partial charge >= 0.3 is 0 Å². The molecule has 182 valence electrons. The van der Waals surface area contributed by atoms with Gasteiger partial charge in [0.25, 0.3) is 0 Å². The molecule has 5 rings (SSSR count). The van der Waals surface area contributed by atoms with E-state index in [2.05, 4.69) is 121 Å². The number of hydrogen-bond acceptors (Lipinski definition) is 3. The van der Waals surface area contributed by atoms with E-state index in [4.69, 9.17) is 9.47 Å². The van der Waals surface area contributed by atoms with Crippen molar-refractivity contribution < 1.29 is 9.47 Å². The lowest BCUT2D eigenvalue weighted by Crippen LogP contribution is -2.10. The molecular weight excluding hydrogens is 454 g/mol. The highest BCUT2D eigenvalue weighted by molar-refractivity contribution is 5.80. The number of anilines is 3. The lowest BCUT2D eigenvalue weighted by atomic mass is 10.0. The fourth-order valence-corrected chi connectivity index (χ4v) is 4.32. The molecule has 0 radical (unpaired) electrons. The molecule has 5 aromatic carbocycles. The maximum absolute atomic E-state index is 5.93. The molecule has 0 N–H and O–H groups in total. The first-order valence-corrected chi connectivity index (χ1v) is 12.4. The summed E-state index contributed by atoms with van der Waals surface area (Å²) in [5.74, 6) is 0.789. The molecule has 37 heavy (non-hydrogen) atoms. The van der Waals surface area contributed by atoms with Crippen molar-refractivity contribution in [1.29, 1.82) is 0 Å². The summed E-state index contributed by atoms with van der Waals surface area (Å²) in [5.41, 5.74) is 7.92. The summed E-state index contributed by atoms with van der Waals surface area (Å²) in [5, 5.41) is 0. The van der Waals surface area contributed by atoms with Crippen molar-refractivity contribution in [3.05, 3.63) is 146 Å². The van der Waals surface area contributed by atoms with Gasteiger partial charge in [-0.3, -0.25) is 0 Å². The Morgan fingerprint density at radius 2 is 1.03 bits per heavy atom. The first kappa shape index (κ1) is 24.0. The van der Waals surface area contributed by atoms with E-state index in [0.717, 1.165) is 22.8 Å². The zero-order valence-corrected chi connectivity index (χ0v) is 20.7. The van der Waals surface area contributed by atoms with Gasteiger partial charge in [0.05, 0.1) is 6.26 Å². The molecule has 0 aromatic heterocycles. The summed E-state index contributed by atoms with van der Waals surface area (Å²) >= 11 is 0. The Morgan fingerprint density at radius 1 is 0.514 bits per heavy atom. The summed E-state index contributed by atoms with van der Waals surface area (Å²) in [6, 6.07) is 46.3. The number of benzene rings is 5. The normalized spacial score (nSPS) is 10.5. The number of rotatable bonds is 10. The molecule has 0 fully saturated rings. The Bertz CT molecular complexity index is 1330. The second kappa shape index (κ2) is 11.8. The number of hydrogen-bond donors (Lipinski definition) is 0. The van der Waals surface area contributed by atoms with Crippen molar-refractivity contribution in [3.63, 3.8) is 0 Å². The second-order valence-corrected chi connectivity index (χ2v) is 8.54. The van der Waals surface area contributed by atoms with Gasteiger partial charge < -0.3 is 14.4 Å². The quantitative estimate of drug-likeness (QED) is 0.146. The molecule has 0 amide bonds. The van der Waals surface area contributed by atoms with Crippen molar-refractivity contribution in [1.82, 2.24) is 0 Å². The van der Waals surface area contributed by atoms with Gasteiger partial charge in [-0.2, -0.15) is 0 Å². The third kappa shape index (κ3) is 5.91. The fraction of sp³-hybridized carbons (Fsp3) is 0.0588. The Balaban J connectivity index is 1.49. The molecular formula is C34H29NO2. The second-order valence-electron chi connectivity index (χ2n) is 8.54. The van der Waals surface area contributed by atoms with Crippen LogP contribution >= 0.6 is 0 Å². The summed E-state index contributed by atoms with van der Waals surface area (Å²) in [7, 11) is 0. The molecule has 0 aliphatic rings. The molecule has 0 aliphatic heterocycles. The molecule has 0 heterocycles. The molecule has 5 aromatic rings. The fourth-order valence-electron chi connectivity index (χ4n) is 4.32. The first-order chi connectivity index (χ1) is 18.3. The van der Waals surface area contributed by atoms with Crippen LogP contribution in [0.2, 0.25) is 0 Å². The molecule has 0 bridgehead atoms. The van der Waals surface area contributed by atoms with Gasteiger partial charge in [0.1, 0.15) is 19.0 Å². The molecule has 0 saturated carbocycles. The van der Waals surface area contributed by atoms with Crippen LogP contribution in [0.4, 0.5) is 17.1 Å². The summed E-state index contributed by atoms with van der Waals surface area (Å²) < 4.78 is 11.1. The van der Waals surface area contributed by atoms with Crippen molar-refractivity contribution in [2.45, 2.75) is 0 Å². The Morgan fingerprint density at radius 3 is 1.54 bits per heavy atom. The minimum atomic E-state index is 0.451. The zero-order valence-electron chi connectivity index (χ0n) is 20.7. The van der Waals surface area contributed by atoms with Gasteiger partial charge in [-0.25, -0.2) is 0 Å². The predicted molar refractivity (Wildman–Crippen MR) is 154 cm³/mol. The maximum Gasteiger partial charge on any atom is 0.122 e. The monoisotopic (exact) mass is 483 g/mol. The Hall–Kier alpha value is -4.76. The van der Waals surface area contributed by atoms with Gasteiger partial charge in [-0.15, -0.1) is 0 Å². The average molecular weight is 484 g/mol. The van der Waals surface area contributed by atoms with Crippen LogP contribution in [0.5, 0.6) is 5.75 Å². The molecule has 0 unspecified atom stereocenters.